The molecule has 0 bridgehead atoms. The molecule has 4 nitrogen and oxygen atoms in total. The quantitative estimate of drug-likeness (QED) is 0.871. The lowest BCUT2D eigenvalue weighted by molar-refractivity contribution is 0.0691. The summed E-state index contributed by atoms with van der Waals surface area (Å²) in [6.07, 6.45) is 7.83. The summed E-state index contributed by atoms with van der Waals surface area (Å²) in [5, 5.41) is 9.23. The molecule has 1 aliphatic carbocycles. The minimum atomic E-state index is -0.926. The van der Waals surface area contributed by atoms with Crippen LogP contribution in [-0.2, 0) is 0 Å². The summed E-state index contributed by atoms with van der Waals surface area (Å²) in [6.45, 7) is 0.974. The summed E-state index contributed by atoms with van der Waals surface area (Å²) in [5.41, 5.74) is 1.00. The zero-order valence-corrected chi connectivity index (χ0v) is 10.4. The van der Waals surface area contributed by atoms with Crippen LogP contribution in [-0.4, -0.2) is 28.6 Å². The highest BCUT2D eigenvalue weighted by Gasteiger charge is 2.37. The Hall–Kier alpha value is -1.58. The molecule has 1 aliphatic heterocycles. The van der Waals surface area contributed by atoms with Gasteiger partial charge in [0.15, 0.2) is 5.69 Å². The van der Waals surface area contributed by atoms with Crippen molar-refractivity contribution in [1.82, 2.24) is 4.98 Å². The fraction of sp³-hybridized carbons (Fsp3) is 0.571. The van der Waals surface area contributed by atoms with E-state index in [0.717, 1.165) is 18.2 Å². The number of pyridine rings is 1. The lowest BCUT2D eigenvalue weighted by Crippen LogP contribution is -2.35. The van der Waals surface area contributed by atoms with Gasteiger partial charge in [-0.05, 0) is 37.3 Å². The van der Waals surface area contributed by atoms with Crippen LogP contribution >= 0.6 is 0 Å². The summed E-state index contributed by atoms with van der Waals surface area (Å²) >= 11 is 0. The molecule has 2 atom stereocenters. The van der Waals surface area contributed by atoms with Crippen molar-refractivity contribution in [1.29, 1.82) is 0 Å². The molecule has 1 saturated carbocycles. The molecule has 2 aliphatic rings. The second-order valence-electron chi connectivity index (χ2n) is 5.27. The Morgan fingerprint density at radius 1 is 1.33 bits per heavy atom. The molecule has 2 fully saturated rings. The van der Waals surface area contributed by atoms with Gasteiger partial charge in [-0.1, -0.05) is 12.8 Å². The van der Waals surface area contributed by atoms with E-state index in [2.05, 4.69) is 9.88 Å². The molecule has 1 aromatic rings. The van der Waals surface area contributed by atoms with E-state index in [1.54, 1.807) is 6.20 Å². The monoisotopic (exact) mass is 246 g/mol. The number of anilines is 1. The van der Waals surface area contributed by atoms with Gasteiger partial charge < -0.3 is 10.0 Å². The summed E-state index contributed by atoms with van der Waals surface area (Å²) in [7, 11) is 0. The first-order valence-electron chi connectivity index (χ1n) is 6.72. The van der Waals surface area contributed by atoms with Gasteiger partial charge in [0.2, 0.25) is 0 Å². The van der Waals surface area contributed by atoms with Crippen LogP contribution in [0.4, 0.5) is 5.69 Å². The maximum atomic E-state index is 11.2. The third-order valence-electron chi connectivity index (χ3n) is 4.31. The van der Waals surface area contributed by atoms with E-state index < -0.39 is 5.97 Å². The molecule has 4 heteroatoms. The molecule has 96 valence electrons. The van der Waals surface area contributed by atoms with Crippen LogP contribution in [0, 0.1) is 5.92 Å². The number of hydrogen-bond acceptors (Lipinski definition) is 3. The molecule has 1 saturated heterocycles. The molecule has 18 heavy (non-hydrogen) atoms. The maximum Gasteiger partial charge on any atom is 0.356 e. The van der Waals surface area contributed by atoms with Gasteiger partial charge in [0.05, 0.1) is 5.69 Å². The lowest BCUT2D eigenvalue weighted by atomic mass is 9.85. The maximum absolute atomic E-state index is 11.2. The molecule has 2 heterocycles. The van der Waals surface area contributed by atoms with Crippen molar-refractivity contribution in [2.45, 2.75) is 38.1 Å². The van der Waals surface area contributed by atoms with Crippen molar-refractivity contribution >= 4 is 11.7 Å². The van der Waals surface area contributed by atoms with Crippen molar-refractivity contribution in [3.63, 3.8) is 0 Å². The van der Waals surface area contributed by atoms with Gasteiger partial charge in [0, 0.05) is 18.8 Å². The number of rotatable bonds is 2. The normalized spacial score (nSPS) is 27.0. The van der Waals surface area contributed by atoms with E-state index in [1.165, 1.54) is 32.1 Å². The lowest BCUT2D eigenvalue weighted by Gasteiger charge is -2.33. The van der Waals surface area contributed by atoms with Crippen molar-refractivity contribution in [2.75, 3.05) is 11.4 Å². The Kier molecular flexibility index (Phi) is 2.94. The predicted molar refractivity (Wildman–Crippen MR) is 68.9 cm³/mol. The topological polar surface area (TPSA) is 53.4 Å². The average Bonchev–Trinajstić information content (AvgIpc) is 2.82. The average molecular weight is 246 g/mol. The standard InChI is InChI=1S/C14H18N2O2/c17-14(18)13-12(6-3-8-15-13)16-9-7-10-4-1-2-5-11(10)16/h3,6,8,10-11H,1-2,4-5,7,9H2,(H,17,18). The smallest absolute Gasteiger partial charge is 0.356 e. The SMILES string of the molecule is O=C(O)c1ncccc1N1CCC2CCCCC21. The molecule has 0 aromatic carbocycles. The van der Waals surface area contributed by atoms with Gasteiger partial charge in [0.1, 0.15) is 0 Å². The zero-order chi connectivity index (χ0) is 12.5. The van der Waals surface area contributed by atoms with Crippen molar-refractivity contribution in [2.24, 2.45) is 5.92 Å². The number of aromatic carboxylic acids is 1. The van der Waals surface area contributed by atoms with E-state index in [-0.39, 0.29) is 5.69 Å². The molecule has 0 spiro atoms. The second kappa shape index (κ2) is 4.59. The molecule has 0 radical (unpaired) electrons. The molecule has 1 N–H and O–H groups in total. The summed E-state index contributed by atoms with van der Waals surface area (Å²) in [4.78, 5) is 17.5. The first-order valence-corrected chi connectivity index (χ1v) is 6.72. The third kappa shape index (κ3) is 1.85. The molecule has 1 aromatic heterocycles. The van der Waals surface area contributed by atoms with Gasteiger partial charge in [-0.3, -0.25) is 0 Å². The van der Waals surface area contributed by atoms with E-state index >= 15 is 0 Å². The number of fused-ring (bicyclic) bond motifs is 1. The third-order valence-corrected chi connectivity index (χ3v) is 4.31. The minimum Gasteiger partial charge on any atom is -0.476 e. The fourth-order valence-electron chi connectivity index (χ4n) is 3.50. The molecular formula is C14H18N2O2. The predicted octanol–water partition coefficient (Wildman–Crippen LogP) is 2.55. The fourth-order valence-corrected chi connectivity index (χ4v) is 3.50. The highest BCUT2D eigenvalue weighted by atomic mass is 16.4. The largest absolute Gasteiger partial charge is 0.476 e. The van der Waals surface area contributed by atoms with Crippen molar-refractivity contribution in [3.8, 4) is 0 Å². The van der Waals surface area contributed by atoms with E-state index in [4.69, 9.17) is 0 Å². The molecule has 2 unspecified atom stereocenters. The van der Waals surface area contributed by atoms with Gasteiger partial charge in [-0.2, -0.15) is 0 Å². The van der Waals surface area contributed by atoms with Gasteiger partial charge >= 0.3 is 5.97 Å². The van der Waals surface area contributed by atoms with E-state index in [0.29, 0.717) is 6.04 Å². The number of carbonyl (C=O) groups is 1. The van der Waals surface area contributed by atoms with E-state index in [1.807, 2.05) is 12.1 Å². The Morgan fingerprint density at radius 2 is 2.17 bits per heavy atom. The Labute approximate surface area is 107 Å². The highest BCUT2D eigenvalue weighted by Crippen LogP contribution is 2.39. The number of carboxylic acids is 1. The van der Waals surface area contributed by atoms with Crippen molar-refractivity contribution < 1.29 is 9.90 Å². The molecule has 0 amide bonds. The van der Waals surface area contributed by atoms with E-state index in [9.17, 15) is 9.90 Å². The minimum absolute atomic E-state index is 0.198. The summed E-state index contributed by atoms with van der Waals surface area (Å²) < 4.78 is 0. The number of nitrogens with zero attached hydrogens (tertiary/aromatic N) is 2. The number of carboxylic acid groups (broad SMARTS) is 1. The molecule has 3 rings (SSSR count). The number of aromatic nitrogens is 1. The Bertz CT molecular complexity index is 461. The summed E-state index contributed by atoms with van der Waals surface area (Å²) in [5.74, 6) is -0.175. The second-order valence-corrected chi connectivity index (χ2v) is 5.27. The van der Waals surface area contributed by atoms with Crippen LogP contribution in [0.25, 0.3) is 0 Å². The first kappa shape index (κ1) is 11.5. The number of hydrogen-bond donors (Lipinski definition) is 1. The highest BCUT2D eigenvalue weighted by molar-refractivity contribution is 5.92. The molecular weight excluding hydrogens is 228 g/mol. The Morgan fingerprint density at radius 3 is 3.00 bits per heavy atom. The zero-order valence-electron chi connectivity index (χ0n) is 10.4. The van der Waals surface area contributed by atoms with Crippen molar-refractivity contribution in [3.05, 3.63) is 24.0 Å². The van der Waals surface area contributed by atoms with Crippen LogP contribution < -0.4 is 4.90 Å². The van der Waals surface area contributed by atoms with Crippen LogP contribution in [0.15, 0.2) is 18.3 Å². The van der Waals surface area contributed by atoms with Crippen LogP contribution in [0.2, 0.25) is 0 Å². The van der Waals surface area contributed by atoms with Gasteiger partial charge in [-0.25, -0.2) is 9.78 Å². The Balaban J connectivity index is 1.93. The summed E-state index contributed by atoms with van der Waals surface area (Å²) in [6, 6.07) is 4.26. The van der Waals surface area contributed by atoms with Crippen LogP contribution in [0.1, 0.15) is 42.6 Å². The van der Waals surface area contributed by atoms with Gasteiger partial charge in [0.25, 0.3) is 0 Å². The first-order chi connectivity index (χ1) is 8.77. The van der Waals surface area contributed by atoms with Gasteiger partial charge in [-0.15, -0.1) is 0 Å². The van der Waals surface area contributed by atoms with Crippen LogP contribution in [0.3, 0.4) is 0 Å². The van der Waals surface area contributed by atoms with Crippen LogP contribution in [0.5, 0.6) is 0 Å².